The Labute approximate surface area is 119 Å². The number of ether oxygens (including phenoxy) is 1. The standard InChI is InChI=1S/C17H17NO2/c1-11-4-6-15(8-12(11)2)20-17-9-14(10-18)5-7-16(17)13(3)19/h4-9,13,19H,1-3H3/t13-/m0/s1. The average Bonchev–Trinajstić information content (AvgIpc) is 2.42. The van der Waals surface area contributed by atoms with Gasteiger partial charge in [-0.2, -0.15) is 5.26 Å². The van der Waals surface area contributed by atoms with Crippen molar-refractivity contribution < 1.29 is 9.84 Å². The van der Waals surface area contributed by atoms with Gasteiger partial charge in [-0.3, -0.25) is 0 Å². The Morgan fingerprint density at radius 3 is 2.45 bits per heavy atom. The van der Waals surface area contributed by atoms with E-state index in [9.17, 15) is 5.11 Å². The predicted octanol–water partition coefficient (Wildman–Crippen LogP) is 4.02. The van der Waals surface area contributed by atoms with Crippen molar-refractivity contribution in [3.8, 4) is 17.6 Å². The largest absolute Gasteiger partial charge is 0.457 e. The van der Waals surface area contributed by atoms with Crippen molar-refractivity contribution >= 4 is 0 Å². The fourth-order valence-corrected chi connectivity index (χ4v) is 1.94. The second kappa shape index (κ2) is 5.77. The zero-order valence-corrected chi connectivity index (χ0v) is 11.8. The lowest BCUT2D eigenvalue weighted by atomic mass is 10.1. The third-order valence-electron chi connectivity index (χ3n) is 3.30. The maximum absolute atomic E-state index is 9.78. The number of hydrogen-bond acceptors (Lipinski definition) is 3. The summed E-state index contributed by atoms with van der Waals surface area (Å²) in [7, 11) is 0. The summed E-state index contributed by atoms with van der Waals surface area (Å²) in [5, 5.41) is 18.8. The Morgan fingerprint density at radius 2 is 1.85 bits per heavy atom. The molecule has 2 aromatic carbocycles. The molecule has 0 heterocycles. The first-order valence-electron chi connectivity index (χ1n) is 6.48. The first kappa shape index (κ1) is 14.1. The molecule has 1 atom stereocenters. The van der Waals surface area contributed by atoms with E-state index in [0.717, 1.165) is 5.56 Å². The molecule has 0 aliphatic heterocycles. The molecule has 2 rings (SSSR count). The van der Waals surface area contributed by atoms with Crippen LogP contribution in [0.25, 0.3) is 0 Å². The van der Waals surface area contributed by atoms with E-state index in [1.807, 2.05) is 32.0 Å². The van der Waals surface area contributed by atoms with Gasteiger partial charge in [0.25, 0.3) is 0 Å². The van der Waals surface area contributed by atoms with Gasteiger partial charge in [0.15, 0.2) is 0 Å². The maximum atomic E-state index is 9.78. The molecule has 0 radical (unpaired) electrons. The van der Waals surface area contributed by atoms with Gasteiger partial charge in [-0.1, -0.05) is 12.1 Å². The summed E-state index contributed by atoms with van der Waals surface area (Å²) in [6.07, 6.45) is -0.649. The van der Waals surface area contributed by atoms with Gasteiger partial charge in [-0.05, 0) is 56.2 Å². The van der Waals surface area contributed by atoms with E-state index in [1.165, 1.54) is 5.56 Å². The van der Waals surface area contributed by atoms with Gasteiger partial charge in [0, 0.05) is 5.56 Å². The fourth-order valence-electron chi connectivity index (χ4n) is 1.94. The molecule has 0 bridgehead atoms. The van der Waals surface area contributed by atoms with E-state index in [2.05, 4.69) is 6.07 Å². The lowest BCUT2D eigenvalue weighted by molar-refractivity contribution is 0.195. The number of aryl methyl sites for hydroxylation is 2. The second-order valence-electron chi connectivity index (χ2n) is 4.89. The van der Waals surface area contributed by atoms with Crippen LogP contribution in [0.1, 0.15) is 35.3 Å². The summed E-state index contributed by atoms with van der Waals surface area (Å²) < 4.78 is 5.84. The zero-order valence-electron chi connectivity index (χ0n) is 11.8. The summed E-state index contributed by atoms with van der Waals surface area (Å²) in [6, 6.07) is 12.9. The molecule has 0 saturated carbocycles. The minimum absolute atomic E-state index is 0.508. The quantitative estimate of drug-likeness (QED) is 0.913. The molecule has 0 aromatic heterocycles. The molecule has 102 valence electrons. The maximum Gasteiger partial charge on any atom is 0.134 e. The molecule has 0 unspecified atom stereocenters. The smallest absolute Gasteiger partial charge is 0.134 e. The van der Waals surface area contributed by atoms with Crippen LogP contribution >= 0.6 is 0 Å². The van der Waals surface area contributed by atoms with E-state index < -0.39 is 6.10 Å². The van der Waals surface area contributed by atoms with E-state index in [4.69, 9.17) is 10.00 Å². The number of aliphatic hydroxyl groups is 1. The molecule has 0 aliphatic carbocycles. The molecule has 3 heteroatoms. The van der Waals surface area contributed by atoms with Crippen molar-refractivity contribution in [2.75, 3.05) is 0 Å². The normalized spacial score (nSPS) is 11.8. The summed E-state index contributed by atoms with van der Waals surface area (Å²) in [4.78, 5) is 0. The van der Waals surface area contributed by atoms with Crippen LogP contribution < -0.4 is 4.74 Å². The molecule has 20 heavy (non-hydrogen) atoms. The van der Waals surface area contributed by atoms with Crippen molar-refractivity contribution in [3.05, 3.63) is 58.7 Å². The summed E-state index contributed by atoms with van der Waals surface area (Å²) in [5.41, 5.74) is 3.51. The van der Waals surface area contributed by atoms with Gasteiger partial charge in [-0.15, -0.1) is 0 Å². The minimum Gasteiger partial charge on any atom is -0.457 e. The molecular weight excluding hydrogens is 250 g/mol. The third-order valence-corrected chi connectivity index (χ3v) is 3.30. The topological polar surface area (TPSA) is 53.2 Å². The van der Waals surface area contributed by atoms with Crippen LogP contribution in [-0.2, 0) is 0 Å². The Hall–Kier alpha value is -2.31. The highest BCUT2D eigenvalue weighted by atomic mass is 16.5. The van der Waals surface area contributed by atoms with Crippen molar-refractivity contribution in [1.29, 1.82) is 5.26 Å². The van der Waals surface area contributed by atoms with Crippen molar-refractivity contribution in [2.45, 2.75) is 26.9 Å². The number of benzene rings is 2. The average molecular weight is 267 g/mol. The molecular formula is C17H17NO2. The molecule has 3 nitrogen and oxygen atoms in total. The predicted molar refractivity (Wildman–Crippen MR) is 77.8 cm³/mol. The third kappa shape index (κ3) is 2.98. The second-order valence-corrected chi connectivity index (χ2v) is 4.89. The first-order valence-corrected chi connectivity index (χ1v) is 6.48. The van der Waals surface area contributed by atoms with E-state index in [0.29, 0.717) is 22.6 Å². The molecule has 0 fully saturated rings. The highest BCUT2D eigenvalue weighted by molar-refractivity contribution is 5.46. The molecule has 0 spiro atoms. The van der Waals surface area contributed by atoms with Gasteiger partial charge in [0.05, 0.1) is 17.7 Å². The van der Waals surface area contributed by atoms with Gasteiger partial charge in [0.2, 0.25) is 0 Å². The Morgan fingerprint density at radius 1 is 1.10 bits per heavy atom. The van der Waals surface area contributed by atoms with Crippen molar-refractivity contribution in [3.63, 3.8) is 0 Å². The molecule has 2 aromatic rings. The highest BCUT2D eigenvalue weighted by Crippen LogP contribution is 2.31. The molecule has 1 N–H and O–H groups in total. The van der Waals surface area contributed by atoms with E-state index in [-0.39, 0.29) is 0 Å². The first-order chi connectivity index (χ1) is 9.51. The van der Waals surface area contributed by atoms with E-state index >= 15 is 0 Å². The Bertz CT molecular complexity index is 669. The monoisotopic (exact) mass is 267 g/mol. The molecule has 0 saturated heterocycles. The Balaban J connectivity index is 2.40. The highest BCUT2D eigenvalue weighted by Gasteiger charge is 2.11. The van der Waals surface area contributed by atoms with Crippen LogP contribution in [0, 0.1) is 25.2 Å². The lowest BCUT2D eigenvalue weighted by Gasteiger charge is -2.14. The van der Waals surface area contributed by atoms with Crippen LogP contribution in [0.5, 0.6) is 11.5 Å². The lowest BCUT2D eigenvalue weighted by Crippen LogP contribution is -1.97. The van der Waals surface area contributed by atoms with Crippen LogP contribution in [0.2, 0.25) is 0 Å². The molecule has 0 amide bonds. The number of nitriles is 1. The number of hydrogen-bond donors (Lipinski definition) is 1. The number of nitrogens with zero attached hydrogens (tertiary/aromatic N) is 1. The summed E-state index contributed by atoms with van der Waals surface area (Å²) >= 11 is 0. The SMILES string of the molecule is Cc1ccc(Oc2cc(C#N)ccc2[C@H](C)O)cc1C. The minimum atomic E-state index is -0.649. The van der Waals surface area contributed by atoms with Crippen LogP contribution in [0.4, 0.5) is 0 Å². The van der Waals surface area contributed by atoms with Gasteiger partial charge in [-0.25, -0.2) is 0 Å². The Kier molecular flexibility index (Phi) is 4.07. The van der Waals surface area contributed by atoms with Crippen LogP contribution in [0.3, 0.4) is 0 Å². The fraction of sp³-hybridized carbons (Fsp3) is 0.235. The van der Waals surface area contributed by atoms with E-state index in [1.54, 1.807) is 25.1 Å². The van der Waals surface area contributed by atoms with Crippen molar-refractivity contribution in [1.82, 2.24) is 0 Å². The number of rotatable bonds is 3. The summed E-state index contributed by atoms with van der Waals surface area (Å²) in [5.74, 6) is 1.22. The van der Waals surface area contributed by atoms with Crippen LogP contribution in [0.15, 0.2) is 36.4 Å². The zero-order chi connectivity index (χ0) is 14.7. The number of aliphatic hydroxyl groups excluding tert-OH is 1. The molecule has 0 aliphatic rings. The van der Waals surface area contributed by atoms with Gasteiger partial charge < -0.3 is 9.84 Å². The van der Waals surface area contributed by atoms with Gasteiger partial charge >= 0.3 is 0 Å². The van der Waals surface area contributed by atoms with Gasteiger partial charge in [0.1, 0.15) is 11.5 Å². The van der Waals surface area contributed by atoms with Crippen molar-refractivity contribution in [2.24, 2.45) is 0 Å². The summed E-state index contributed by atoms with van der Waals surface area (Å²) in [6.45, 7) is 5.73. The van der Waals surface area contributed by atoms with Crippen LogP contribution in [-0.4, -0.2) is 5.11 Å².